The number of hydrogen-bond donors (Lipinski definition) is 3. The molecule has 6 heteroatoms. The fraction of sp³-hybridized carbons (Fsp3) is 0.125. The lowest BCUT2D eigenvalue weighted by molar-refractivity contribution is 0.0952. The van der Waals surface area contributed by atoms with Crippen LogP contribution in [0.1, 0.15) is 33.2 Å². The number of carbonyl (C=O) groups is 2. The van der Waals surface area contributed by atoms with Gasteiger partial charge in [0.1, 0.15) is 0 Å². The number of ketones is 1. The van der Waals surface area contributed by atoms with Crippen LogP contribution in [0.25, 0.3) is 10.9 Å². The first-order chi connectivity index (χ1) is 14.6. The van der Waals surface area contributed by atoms with E-state index in [0.29, 0.717) is 23.4 Å². The van der Waals surface area contributed by atoms with E-state index >= 15 is 0 Å². The van der Waals surface area contributed by atoms with Crippen molar-refractivity contribution in [2.75, 3.05) is 11.9 Å². The molecule has 0 aliphatic rings. The SMILES string of the molecule is CC(=O)c1cccc(Nc2cncc(C(=O)NCCc3c[nH]c4ccccc34)c2)c1. The largest absolute Gasteiger partial charge is 0.361 e. The van der Waals surface area contributed by atoms with Gasteiger partial charge in [-0.05, 0) is 43.2 Å². The van der Waals surface area contributed by atoms with Gasteiger partial charge < -0.3 is 15.6 Å². The summed E-state index contributed by atoms with van der Waals surface area (Å²) in [5.74, 6) is -0.177. The zero-order valence-electron chi connectivity index (χ0n) is 16.6. The number of fused-ring (bicyclic) bond motifs is 1. The summed E-state index contributed by atoms with van der Waals surface area (Å²) in [7, 11) is 0. The maximum Gasteiger partial charge on any atom is 0.252 e. The number of pyridine rings is 1. The predicted molar refractivity (Wildman–Crippen MR) is 118 cm³/mol. The summed E-state index contributed by atoms with van der Waals surface area (Å²) in [5, 5.41) is 7.32. The molecule has 4 aromatic rings. The van der Waals surface area contributed by atoms with Gasteiger partial charge in [0.05, 0.1) is 17.4 Å². The van der Waals surface area contributed by atoms with E-state index in [0.717, 1.165) is 17.6 Å². The van der Waals surface area contributed by atoms with Crippen LogP contribution >= 0.6 is 0 Å². The first-order valence-electron chi connectivity index (χ1n) is 9.76. The molecule has 6 nitrogen and oxygen atoms in total. The van der Waals surface area contributed by atoms with Crippen LogP contribution in [0.15, 0.2) is 73.2 Å². The third-order valence-electron chi connectivity index (χ3n) is 4.91. The Morgan fingerprint density at radius 3 is 2.67 bits per heavy atom. The van der Waals surface area contributed by atoms with E-state index in [1.807, 2.05) is 36.5 Å². The Kier molecular flexibility index (Phi) is 5.57. The molecule has 0 radical (unpaired) electrons. The average molecular weight is 398 g/mol. The van der Waals surface area contributed by atoms with Gasteiger partial charge in [0.15, 0.2) is 5.78 Å². The van der Waals surface area contributed by atoms with Gasteiger partial charge in [0.2, 0.25) is 0 Å². The number of carbonyl (C=O) groups excluding carboxylic acids is 2. The fourth-order valence-electron chi connectivity index (χ4n) is 3.37. The number of amides is 1. The highest BCUT2D eigenvalue weighted by molar-refractivity contribution is 5.96. The Hall–Kier alpha value is -3.93. The van der Waals surface area contributed by atoms with Gasteiger partial charge in [-0.2, -0.15) is 0 Å². The Morgan fingerprint density at radius 2 is 1.80 bits per heavy atom. The van der Waals surface area contributed by atoms with Gasteiger partial charge in [0, 0.05) is 41.1 Å². The molecule has 0 saturated carbocycles. The van der Waals surface area contributed by atoms with E-state index in [9.17, 15) is 9.59 Å². The Bertz CT molecular complexity index is 1210. The summed E-state index contributed by atoms with van der Waals surface area (Å²) in [5.41, 5.74) is 4.81. The number of aromatic nitrogens is 2. The van der Waals surface area contributed by atoms with Crippen molar-refractivity contribution in [3.8, 4) is 0 Å². The number of aromatic amines is 1. The summed E-state index contributed by atoms with van der Waals surface area (Å²) in [4.78, 5) is 31.5. The van der Waals surface area contributed by atoms with Crippen molar-refractivity contribution >= 4 is 34.0 Å². The molecule has 0 atom stereocenters. The molecule has 0 aliphatic carbocycles. The molecular formula is C24H22N4O2. The highest BCUT2D eigenvalue weighted by atomic mass is 16.1. The van der Waals surface area contributed by atoms with Crippen LogP contribution in [0, 0.1) is 0 Å². The van der Waals surface area contributed by atoms with Gasteiger partial charge in [0.25, 0.3) is 5.91 Å². The minimum atomic E-state index is -0.177. The van der Waals surface area contributed by atoms with Crippen LogP contribution in [0.4, 0.5) is 11.4 Å². The monoisotopic (exact) mass is 398 g/mol. The van der Waals surface area contributed by atoms with Gasteiger partial charge in [-0.1, -0.05) is 30.3 Å². The molecule has 0 bridgehead atoms. The zero-order chi connectivity index (χ0) is 20.9. The minimum Gasteiger partial charge on any atom is -0.361 e. The number of nitrogens with zero attached hydrogens (tertiary/aromatic N) is 1. The standard InChI is InChI=1S/C24H22N4O2/c1-16(29)17-5-4-6-20(11-17)28-21-12-19(13-25-15-21)24(30)26-10-9-18-14-27-23-8-3-2-7-22(18)23/h2-8,11-15,27-28H,9-10H2,1H3,(H,26,30). The predicted octanol–water partition coefficient (Wildman–Crippen LogP) is 4.48. The van der Waals surface area contributed by atoms with E-state index < -0.39 is 0 Å². The van der Waals surface area contributed by atoms with Gasteiger partial charge in [-0.3, -0.25) is 14.6 Å². The molecule has 0 saturated heterocycles. The van der Waals surface area contributed by atoms with Crippen molar-refractivity contribution in [1.82, 2.24) is 15.3 Å². The Labute approximate surface area is 174 Å². The van der Waals surface area contributed by atoms with Gasteiger partial charge in [-0.15, -0.1) is 0 Å². The van der Waals surface area contributed by atoms with E-state index in [1.165, 1.54) is 24.1 Å². The van der Waals surface area contributed by atoms with Crippen molar-refractivity contribution < 1.29 is 9.59 Å². The van der Waals surface area contributed by atoms with Crippen LogP contribution in [-0.4, -0.2) is 28.2 Å². The third-order valence-corrected chi connectivity index (χ3v) is 4.91. The molecular weight excluding hydrogens is 376 g/mol. The first kappa shape index (κ1) is 19.4. The molecule has 4 rings (SSSR count). The molecule has 30 heavy (non-hydrogen) atoms. The summed E-state index contributed by atoms with van der Waals surface area (Å²) < 4.78 is 0. The minimum absolute atomic E-state index is 0.0000966. The number of H-pyrrole nitrogens is 1. The lowest BCUT2D eigenvalue weighted by Gasteiger charge is -2.09. The molecule has 0 fully saturated rings. The van der Waals surface area contributed by atoms with Crippen LogP contribution in [0.2, 0.25) is 0 Å². The smallest absolute Gasteiger partial charge is 0.252 e. The molecule has 0 aliphatic heterocycles. The highest BCUT2D eigenvalue weighted by Crippen LogP contribution is 2.19. The lowest BCUT2D eigenvalue weighted by Crippen LogP contribution is -2.25. The average Bonchev–Trinajstić information content (AvgIpc) is 3.17. The van der Waals surface area contributed by atoms with Crippen molar-refractivity contribution in [2.45, 2.75) is 13.3 Å². The lowest BCUT2D eigenvalue weighted by atomic mass is 10.1. The van der Waals surface area contributed by atoms with Crippen LogP contribution < -0.4 is 10.6 Å². The molecule has 2 aromatic carbocycles. The molecule has 2 heterocycles. The molecule has 0 spiro atoms. The molecule has 2 aromatic heterocycles. The number of nitrogens with one attached hydrogen (secondary N) is 3. The van der Waals surface area contributed by atoms with Crippen molar-refractivity contribution in [2.24, 2.45) is 0 Å². The zero-order valence-corrected chi connectivity index (χ0v) is 16.6. The number of anilines is 2. The summed E-state index contributed by atoms with van der Waals surface area (Å²) >= 11 is 0. The van der Waals surface area contributed by atoms with Crippen molar-refractivity contribution in [3.05, 3.63) is 89.9 Å². The Morgan fingerprint density at radius 1 is 0.967 bits per heavy atom. The number of Topliss-reactive ketones (excluding diaryl/α,β-unsaturated/α-hetero) is 1. The number of rotatable bonds is 7. The van der Waals surface area contributed by atoms with E-state index in [4.69, 9.17) is 0 Å². The number of hydrogen-bond acceptors (Lipinski definition) is 4. The first-order valence-corrected chi connectivity index (χ1v) is 9.76. The quantitative estimate of drug-likeness (QED) is 0.401. The number of para-hydroxylation sites is 1. The van der Waals surface area contributed by atoms with Crippen molar-refractivity contribution in [1.29, 1.82) is 0 Å². The molecule has 0 unspecified atom stereocenters. The molecule has 3 N–H and O–H groups in total. The van der Waals surface area contributed by atoms with E-state index in [2.05, 4.69) is 26.7 Å². The van der Waals surface area contributed by atoms with E-state index in [-0.39, 0.29) is 11.7 Å². The fourth-order valence-corrected chi connectivity index (χ4v) is 3.37. The summed E-state index contributed by atoms with van der Waals surface area (Å²) in [6.45, 7) is 2.06. The third kappa shape index (κ3) is 4.38. The second-order valence-corrected chi connectivity index (χ2v) is 7.09. The van der Waals surface area contributed by atoms with E-state index in [1.54, 1.807) is 24.4 Å². The molecule has 150 valence electrons. The maximum absolute atomic E-state index is 12.6. The van der Waals surface area contributed by atoms with Crippen LogP contribution in [0.3, 0.4) is 0 Å². The Balaban J connectivity index is 1.39. The number of benzene rings is 2. The summed E-state index contributed by atoms with van der Waals surface area (Å²) in [6.07, 6.45) is 5.90. The topological polar surface area (TPSA) is 86.9 Å². The summed E-state index contributed by atoms with van der Waals surface area (Å²) in [6, 6.07) is 17.1. The second-order valence-electron chi connectivity index (χ2n) is 7.09. The van der Waals surface area contributed by atoms with Gasteiger partial charge in [-0.25, -0.2) is 0 Å². The maximum atomic E-state index is 12.6. The van der Waals surface area contributed by atoms with Crippen molar-refractivity contribution in [3.63, 3.8) is 0 Å². The molecule has 1 amide bonds. The van der Waals surface area contributed by atoms with Crippen LogP contribution in [0.5, 0.6) is 0 Å². The highest BCUT2D eigenvalue weighted by Gasteiger charge is 2.09. The normalized spacial score (nSPS) is 10.7. The van der Waals surface area contributed by atoms with Gasteiger partial charge >= 0.3 is 0 Å². The second kappa shape index (κ2) is 8.61. The van der Waals surface area contributed by atoms with Crippen LogP contribution in [-0.2, 0) is 6.42 Å².